The van der Waals surface area contributed by atoms with Gasteiger partial charge in [-0.1, -0.05) is 0 Å². The maximum Gasteiger partial charge on any atom is 0.421 e. The molecule has 18 nitrogen and oxygen atoms in total. The Hall–Kier alpha value is -6.29. The molecule has 0 saturated heterocycles. The SMILES string of the molecule is CCNc1nc(Nc2cc(C(C)(C)n3nccn3)nn2CC)ncc1C(C)(F)F.[2H]C([2H])([2H])C([2H])([2H])n1nc(C(C)(C)n2nccn2)cc1Nc1ncc(C(F)(F)F)c(NCC)n1. The molecule has 0 aliphatic heterocycles. The average molecular weight is 820 g/mol. The van der Waals surface area contributed by atoms with Crippen molar-refractivity contribution in [3.05, 3.63) is 71.8 Å². The van der Waals surface area contributed by atoms with E-state index in [1.54, 1.807) is 42.6 Å². The molecule has 4 N–H and O–H groups in total. The number of nitrogens with zero attached hydrogens (tertiary/aromatic N) is 14. The van der Waals surface area contributed by atoms with Crippen LogP contribution < -0.4 is 21.3 Å². The zero-order valence-electron chi connectivity index (χ0n) is 37.9. The Balaban J connectivity index is 0.000000240. The summed E-state index contributed by atoms with van der Waals surface area (Å²) in [5.41, 5.74) is -2.03. The summed E-state index contributed by atoms with van der Waals surface area (Å²) >= 11 is 0. The molecule has 0 aromatic carbocycles. The highest BCUT2D eigenvalue weighted by Crippen LogP contribution is 2.35. The lowest BCUT2D eigenvalue weighted by atomic mass is 10.0. The van der Waals surface area contributed by atoms with Crippen molar-refractivity contribution in [3.8, 4) is 0 Å². The maximum atomic E-state index is 13.8. The molecule has 58 heavy (non-hydrogen) atoms. The molecule has 0 spiro atoms. The maximum absolute atomic E-state index is 13.8. The number of hydrogen-bond acceptors (Lipinski definition) is 14. The summed E-state index contributed by atoms with van der Waals surface area (Å²) in [7, 11) is 0. The topological polar surface area (TPSA) is 197 Å². The van der Waals surface area contributed by atoms with Crippen molar-refractivity contribution < 1.29 is 28.8 Å². The molecule has 0 bridgehead atoms. The largest absolute Gasteiger partial charge is 0.421 e. The zero-order chi connectivity index (χ0) is 46.8. The normalized spacial score (nSPS) is 14.0. The van der Waals surface area contributed by atoms with Crippen LogP contribution in [-0.2, 0) is 36.2 Å². The third-order valence-electron chi connectivity index (χ3n) is 8.51. The van der Waals surface area contributed by atoms with Crippen molar-refractivity contribution in [2.45, 2.75) is 98.5 Å². The van der Waals surface area contributed by atoms with Crippen LogP contribution in [0.25, 0.3) is 0 Å². The summed E-state index contributed by atoms with van der Waals surface area (Å²) in [5, 5.41) is 36.4. The van der Waals surface area contributed by atoms with Gasteiger partial charge < -0.3 is 21.3 Å². The Morgan fingerprint density at radius 3 is 1.50 bits per heavy atom. The number of nitrogens with one attached hydrogen (secondary N) is 4. The molecule has 0 aliphatic rings. The molecule has 0 saturated carbocycles. The number of anilines is 6. The van der Waals surface area contributed by atoms with E-state index < -0.39 is 47.9 Å². The van der Waals surface area contributed by atoms with Gasteiger partial charge in [-0.05, 0) is 55.3 Å². The molecule has 0 atom stereocenters. The summed E-state index contributed by atoms with van der Waals surface area (Å²) in [4.78, 5) is 18.7. The van der Waals surface area contributed by atoms with Crippen molar-refractivity contribution >= 4 is 35.2 Å². The number of halogens is 5. The van der Waals surface area contributed by atoms with E-state index in [0.717, 1.165) is 18.8 Å². The molecule has 0 radical (unpaired) electrons. The van der Waals surface area contributed by atoms with Gasteiger partial charge in [-0.3, -0.25) is 0 Å². The first kappa shape index (κ1) is 36.1. The number of hydrogen-bond donors (Lipinski definition) is 4. The number of aromatic nitrogens is 14. The second-order valence-electron chi connectivity index (χ2n) is 13.5. The van der Waals surface area contributed by atoms with Gasteiger partial charge in [0.2, 0.25) is 11.9 Å². The first-order valence-electron chi connectivity index (χ1n) is 20.4. The Morgan fingerprint density at radius 2 is 1.09 bits per heavy atom. The van der Waals surface area contributed by atoms with Crippen molar-refractivity contribution in [1.82, 2.24) is 69.5 Å². The van der Waals surface area contributed by atoms with Gasteiger partial charge in [0.05, 0.1) is 44.5 Å². The van der Waals surface area contributed by atoms with Crippen LogP contribution in [-0.4, -0.2) is 82.6 Å². The van der Waals surface area contributed by atoms with Gasteiger partial charge in [-0.15, -0.1) is 0 Å². The molecular formula is C35H47F5N18. The Labute approximate surface area is 338 Å². The molecule has 23 heteroatoms. The van der Waals surface area contributed by atoms with Crippen LogP contribution in [0.1, 0.15) is 91.6 Å². The van der Waals surface area contributed by atoms with Crippen molar-refractivity contribution in [1.29, 1.82) is 0 Å². The van der Waals surface area contributed by atoms with Crippen LogP contribution in [0.15, 0.2) is 49.3 Å². The summed E-state index contributed by atoms with van der Waals surface area (Å²) < 4.78 is 109. The quantitative estimate of drug-likeness (QED) is 0.0807. The van der Waals surface area contributed by atoms with Crippen LogP contribution in [0.3, 0.4) is 0 Å². The van der Waals surface area contributed by atoms with Crippen molar-refractivity contribution in [3.63, 3.8) is 0 Å². The second-order valence-corrected chi connectivity index (χ2v) is 13.5. The minimum atomic E-state index is -4.70. The van der Waals surface area contributed by atoms with E-state index >= 15 is 0 Å². The lowest BCUT2D eigenvalue weighted by molar-refractivity contribution is -0.137. The van der Waals surface area contributed by atoms with Crippen LogP contribution in [0.4, 0.5) is 57.1 Å². The second kappa shape index (κ2) is 17.1. The molecule has 0 amide bonds. The summed E-state index contributed by atoms with van der Waals surface area (Å²) in [6.07, 6.45) is 3.08. The number of rotatable bonds is 15. The average Bonchev–Trinajstić information content (AvgIpc) is 4.02. The Bertz CT molecular complexity index is 2440. The van der Waals surface area contributed by atoms with Crippen LogP contribution in [0.5, 0.6) is 0 Å². The van der Waals surface area contributed by atoms with E-state index in [1.807, 2.05) is 33.8 Å². The first-order chi connectivity index (χ1) is 29.2. The van der Waals surface area contributed by atoms with Gasteiger partial charge in [0.15, 0.2) is 0 Å². The fraction of sp³-hybridized carbons (Fsp3) is 0.486. The molecule has 0 fully saturated rings. The minimum Gasteiger partial charge on any atom is -0.370 e. The van der Waals surface area contributed by atoms with E-state index in [2.05, 4.69) is 71.8 Å². The van der Waals surface area contributed by atoms with Gasteiger partial charge in [-0.2, -0.15) is 63.3 Å². The molecule has 6 aromatic rings. The zero-order valence-corrected chi connectivity index (χ0v) is 32.9. The highest BCUT2D eigenvalue weighted by molar-refractivity contribution is 5.56. The fourth-order valence-corrected chi connectivity index (χ4v) is 5.37. The third kappa shape index (κ3) is 9.45. The molecule has 6 aromatic heterocycles. The predicted molar refractivity (Wildman–Crippen MR) is 206 cm³/mol. The molecular weight excluding hydrogens is 768 g/mol. The standard InChI is InChI=1S/C18H25F2N9.C17H22F3N9/c1-6-21-15-12(18(5,19)20)11-22-16(26-15)25-14-10-13(27-28(14)7-2)17(3,4)29-23-8-9-24-29;1-5-21-14-11(17(18,19)20)10-22-15(26-14)25-13-9-12(27-28(13)6-2)16(3,4)29-23-7-8-24-29/h8-11H,6-7H2,1-5H3,(H2,21,22,25,26);7-10H,5-6H2,1-4H3,(H2,21,22,25,26)/i;2D3,6D2. The lowest BCUT2D eigenvalue weighted by Crippen LogP contribution is -2.30. The highest BCUT2D eigenvalue weighted by atomic mass is 19.4. The van der Waals surface area contributed by atoms with Gasteiger partial charge in [0.25, 0.3) is 5.92 Å². The van der Waals surface area contributed by atoms with E-state index in [9.17, 15) is 22.0 Å². The van der Waals surface area contributed by atoms with Gasteiger partial charge in [-0.25, -0.2) is 28.1 Å². The molecule has 0 aliphatic carbocycles. The van der Waals surface area contributed by atoms with Crippen LogP contribution in [0, 0.1) is 0 Å². The van der Waals surface area contributed by atoms with Crippen molar-refractivity contribution in [2.24, 2.45) is 0 Å². The third-order valence-corrected chi connectivity index (χ3v) is 8.51. The van der Waals surface area contributed by atoms with E-state index in [0.29, 0.717) is 29.8 Å². The molecule has 0 unspecified atom stereocenters. The summed E-state index contributed by atoms with van der Waals surface area (Å²) in [6.45, 7) is 8.52. The van der Waals surface area contributed by atoms with Crippen molar-refractivity contribution in [2.75, 3.05) is 34.4 Å². The monoisotopic (exact) mass is 819 g/mol. The smallest absolute Gasteiger partial charge is 0.370 e. The Morgan fingerprint density at radius 1 is 0.655 bits per heavy atom. The summed E-state index contributed by atoms with van der Waals surface area (Å²) in [5.74, 6) is -3.12. The van der Waals surface area contributed by atoms with Gasteiger partial charge in [0.1, 0.15) is 39.9 Å². The number of alkyl halides is 5. The summed E-state index contributed by atoms with van der Waals surface area (Å²) in [6, 6.07) is 3.19. The van der Waals surface area contributed by atoms with Gasteiger partial charge in [0, 0.05) is 61.7 Å². The van der Waals surface area contributed by atoms with E-state index in [4.69, 9.17) is 6.85 Å². The predicted octanol–water partition coefficient (Wildman–Crippen LogP) is 6.62. The minimum absolute atomic E-state index is 0.0985. The number of aryl methyl sites for hydroxylation is 2. The fourth-order valence-electron chi connectivity index (χ4n) is 5.37. The lowest BCUT2D eigenvalue weighted by Gasteiger charge is -2.20. The van der Waals surface area contributed by atoms with Gasteiger partial charge >= 0.3 is 6.18 Å². The highest BCUT2D eigenvalue weighted by Gasteiger charge is 2.36. The van der Waals surface area contributed by atoms with Crippen LogP contribution >= 0.6 is 0 Å². The molecule has 312 valence electrons. The first-order valence-corrected chi connectivity index (χ1v) is 17.9. The Kier molecular flexibility index (Phi) is 10.6. The molecule has 6 heterocycles. The van der Waals surface area contributed by atoms with E-state index in [1.165, 1.54) is 23.3 Å². The molecule has 6 rings (SSSR count). The van der Waals surface area contributed by atoms with Crippen LogP contribution in [0.2, 0.25) is 0 Å². The van der Waals surface area contributed by atoms with E-state index in [-0.39, 0.29) is 41.3 Å².